The van der Waals surface area contributed by atoms with Gasteiger partial charge in [0.2, 0.25) is 0 Å². The third-order valence-corrected chi connectivity index (χ3v) is 4.67. The molecule has 0 bridgehead atoms. The van der Waals surface area contributed by atoms with E-state index in [1.807, 2.05) is 31.2 Å². The van der Waals surface area contributed by atoms with Crippen LogP contribution in [0.25, 0.3) is 0 Å². The molecule has 0 saturated carbocycles. The molecule has 0 spiro atoms. The number of benzene rings is 2. The van der Waals surface area contributed by atoms with Gasteiger partial charge >= 0.3 is 0 Å². The fourth-order valence-corrected chi connectivity index (χ4v) is 3.33. The van der Waals surface area contributed by atoms with Crippen molar-refractivity contribution in [3.63, 3.8) is 0 Å². The Bertz CT molecular complexity index is 729. The standard InChI is InChI=1S/C21H25NO3/c1-3-20(25-17-11-7-10-16(14-17)24-2)21(23)22-19-13-6-9-15-8-4-5-12-18(15)19/h4-5,7-8,10-12,14,19-20H,3,6,9,13H2,1-2H3,(H,22,23)/t19-,20-/m0/s1. The van der Waals surface area contributed by atoms with Gasteiger partial charge in [0, 0.05) is 6.07 Å². The largest absolute Gasteiger partial charge is 0.497 e. The van der Waals surface area contributed by atoms with E-state index in [4.69, 9.17) is 9.47 Å². The Morgan fingerprint density at radius 2 is 2.00 bits per heavy atom. The summed E-state index contributed by atoms with van der Waals surface area (Å²) in [5, 5.41) is 3.18. The van der Waals surface area contributed by atoms with Gasteiger partial charge in [-0.25, -0.2) is 0 Å². The summed E-state index contributed by atoms with van der Waals surface area (Å²) in [5.41, 5.74) is 2.57. The number of methoxy groups -OCH3 is 1. The molecular formula is C21H25NO3. The highest BCUT2D eigenvalue weighted by molar-refractivity contribution is 5.81. The molecule has 2 aromatic rings. The van der Waals surface area contributed by atoms with Crippen LogP contribution < -0.4 is 14.8 Å². The summed E-state index contributed by atoms with van der Waals surface area (Å²) in [4.78, 5) is 12.7. The second kappa shape index (κ2) is 8.06. The van der Waals surface area contributed by atoms with E-state index in [2.05, 4.69) is 23.5 Å². The zero-order valence-electron chi connectivity index (χ0n) is 14.8. The number of rotatable bonds is 6. The maximum Gasteiger partial charge on any atom is 0.261 e. The molecule has 4 heteroatoms. The molecule has 2 aromatic carbocycles. The molecule has 1 aliphatic carbocycles. The average Bonchev–Trinajstić information content (AvgIpc) is 2.66. The first-order chi connectivity index (χ1) is 12.2. The lowest BCUT2D eigenvalue weighted by Crippen LogP contribution is -2.40. The number of carbonyl (C=O) groups is 1. The third-order valence-electron chi connectivity index (χ3n) is 4.67. The van der Waals surface area contributed by atoms with Crippen molar-refractivity contribution in [3.8, 4) is 11.5 Å². The first-order valence-electron chi connectivity index (χ1n) is 8.90. The molecule has 1 N–H and O–H groups in total. The van der Waals surface area contributed by atoms with Crippen molar-refractivity contribution in [1.29, 1.82) is 0 Å². The van der Waals surface area contributed by atoms with Gasteiger partial charge in [-0.2, -0.15) is 0 Å². The smallest absolute Gasteiger partial charge is 0.261 e. The summed E-state index contributed by atoms with van der Waals surface area (Å²) in [6.07, 6.45) is 3.24. The number of hydrogen-bond acceptors (Lipinski definition) is 3. The number of fused-ring (bicyclic) bond motifs is 1. The Labute approximate surface area is 149 Å². The molecule has 1 aliphatic rings. The third kappa shape index (κ3) is 4.13. The number of nitrogens with one attached hydrogen (secondary N) is 1. The molecule has 4 nitrogen and oxygen atoms in total. The van der Waals surface area contributed by atoms with Crippen LogP contribution in [0.1, 0.15) is 43.4 Å². The predicted octanol–water partition coefficient (Wildman–Crippen LogP) is 4.05. The molecule has 0 saturated heterocycles. The van der Waals surface area contributed by atoms with E-state index in [0.717, 1.165) is 19.3 Å². The zero-order valence-corrected chi connectivity index (χ0v) is 14.8. The van der Waals surface area contributed by atoms with Gasteiger partial charge in [-0.05, 0) is 48.9 Å². The Balaban J connectivity index is 1.69. The van der Waals surface area contributed by atoms with Crippen LogP contribution in [0.15, 0.2) is 48.5 Å². The summed E-state index contributed by atoms with van der Waals surface area (Å²) in [7, 11) is 1.61. The van der Waals surface area contributed by atoms with Crippen molar-refractivity contribution in [2.45, 2.75) is 44.8 Å². The van der Waals surface area contributed by atoms with Crippen LogP contribution in [0.5, 0.6) is 11.5 Å². The molecule has 132 valence electrons. The lowest BCUT2D eigenvalue weighted by atomic mass is 9.87. The van der Waals surface area contributed by atoms with Crippen LogP contribution in [-0.4, -0.2) is 19.1 Å². The molecule has 0 unspecified atom stereocenters. The molecule has 0 aliphatic heterocycles. The van der Waals surface area contributed by atoms with Gasteiger partial charge in [0.1, 0.15) is 11.5 Å². The zero-order chi connectivity index (χ0) is 17.6. The molecule has 2 atom stereocenters. The maximum atomic E-state index is 12.7. The Kier molecular flexibility index (Phi) is 5.59. The number of hydrogen-bond donors (Lipinski definition) is 1. The topological polar surface area (TPSA) is 47.6 Å². The van der Waals surface area contributed by atoms with Crippen molar-refractivity contribution in [2.24, 2.45) is 0 Å². The van der Waals surface area contributed by atoms with E-state index in [0.29, 0.717) is 17.9 Å². The Morgan fingerprint density at radius 1 is 1.20 bits per heavy atom. The second-order valence-electron chi connectivity index (χ2n) is 6.35. The highest BCUT2D eigenvalue weighted by atomic mass is 16.5. The molecule has 0 fully saturated rings. The van der Waals surface area contributed by atoms with E-state index in [1.54, 1.807) is 13.2 Å². The normalized spacial score (nSPS) is 17.3. The van der Waals surface area contributed by atoms with Crippen LogP contribution in [0.2, 0.25) is 0 Å². The van der Waals surface area contributed by atoms with E-state index in [9.17, 15) is 4.79 Å². The molecular weight excluding hydrogens is 314 g/mol. The van der Waals surface area contributed by atoms with Gasteiger partial charge in [0.15, 0.2) is 6.10 Å². The number of carbonyl (C=O) groups excluding carboxylic acids is 1. The highest BCUT2D eigenvalue weighted by Crippen LogP contribution is 2.29. The fraction of sp³-hybridized carbons (Fsp3) is 0.381. The predicted molar refractivity (Wildman–Crippen MR) is 98.0 cm³/mol. The van der Waals surface area contributed by atoms with Crippen LogP contribution in [0.4, 0.5) is 0 Å². The number of amides is 1. The number of aryl methyl sites for hydroxylation is 1. The quantitative estimate of drug-likeness (QED) is 0.864. The minimum absolute atomic E-state index is 0.0629. The van der Waals surface area contributed by atoms with Crippen LogP contribution in [-0.2, 0) is 11.2 Å². The van der Waals surface area contributed by atoms with Crippen molar-refractivity contribution in [3.05, 3.63) is 59.7 Å². The van der Waals surface area contributed by atoms with Gasteiger partial charge in [0.05, 0.1) is 13.2 Å². The summed E-state index contributed by atoms with van der Waals surface area (Å²) in [6, 6.07) is 15.8. The Hall–Kier alpha value is -2.49. The van der Waals surface area contributed by atoms with E-state index in [-0.39, 0.29) is 11.9 Å². The van der Waals surface area contributed by atoms with Gasteiger partial charge < -0.3 is 14.8 Å². The second-order valence-corrected chi connectivity index (χ2v) is 6.35. The van der Waals surface area contributed by atoms with Crippen molar-refractivity contribution >= 4 is 5.91 Å². The average molecular weight is 339 g/mol. The van der Waals surface area contributed by atoms with E-state index < -0.39 is 6.10 Å². The van der Waals surface area contributed by atoms with Crippen molar-refractivity contribution in [1.82, 2.24) is 5.32 Å². The van der Waals surface area contributed by atoms with Gasteiger partial charge in [-0.3, -0.25) is 4.79 Å². The molecule has 25 heavy (non-hydrogen) atoms. The molecule has 1 amide bonds. The number of ether oxygens (including phenoxy) is 2. The van der Waals surface area contributed by atoms with Crippen LogP contribution in [0.3, 0.4) is 0 Å². The van der Waals surface area contributed by atoms with Crippen LogP contribution >= 0.6 is 0 Å². The Morgan fingerprint density at radius 3 is 2.80 bits per heavy atom. The minimum atomic E-state index is -0.513. The molecule has 3 rings (SSSR count). The van der Waals surface area contributed by atoms with E-state index >= 15 is 0 Å². The van der Waals surface area contributed by atoms with Gasteiger partial charge in [-0.15, -0.1) is 0 Å². The van der Waals surface area contributed by atoms with Gasteiger partial charge in [-0.1, -0.05) is 37.3 Å². The monoisotopic (exact) mass is 339 g/mol. The summed E-state index contributed by atoms with van der Waals surface area (Å²) in [5.74, 6) is 1.30. The SMILES string of the molecule is CC[C@H](Oc1cccc(OC)c1)C(=O)N[C@H]1CCCc2ccccc21. The lowest BCUT2D eigenvalue weighted by Gasteiger charge is -2.28. The summed E-state index contributed by atoms with van der Waals surface area (Å²) < 4.78 is 11.1. The molecule has 0 radical (unpaired) electrons. The first kappa shape index (κ1) is 17.3. The first-order valence-corrected chi connectivity index (χ1v) is 8.90. The maximum absolute atomic E-state index is 12.7. The summed E-state index contributed by atoms with van der Waals surface area (Å²) in [6.45, 7) is 1.96. The summed E-state index contributed by atoms with van der Waals surface area (Å²) >= 11 is 0. The lowest BCUT2D eigenvalue weighted by molar-refractivity contribution is -0.129. The fourth-order valence-electron chi connectivity index (χ4n) is 3.33. The minimum Gasteiger partial charge on any atom is -0.497 e. The highest BCUT2D eigenvalue weighted by Gasteiger charge is 2.25. The molecule has 0 aromatic heterocycles. The van der Waals surface area contributed by atoms with E-state index in [1.165, 1.54) is 11.1 Å². The van der Waals surface area contributed by atoms with Crippen molar-refractivity contribution < 1.29 is 14.3 Å². The van der Waals surface area contributed by atoms with Gasteiger partial charge in [0.25, 0.3) is 5.91 Å². The molecule has 0 heterocycles. The van der Waals surface area contributed by atoms with Crippen molar-refractivity contribution in [2.75, 3.05) is 7.11 Å². The van der Waals surface area contributed by atoms with Crippen LogP contribution in [0, 0.1) is 0 Å².